The molecule has 0 unspecified atom stereocenters. The molecule has 3 aliphatic heterocycles. The first-order valence-electron chi connectivity index (χ1n) is 13.2. The molecule has 41 heavy (non-hydrogen) atoms. The maximum Gasteiger partial charge on any atom is 0.264 e. The number of anilines is 2. The maximum atomic E-state index is 14.3. The summed E-state index contributed by atoms with van der Waals surface area (Å²) in [5.74, 6) is -0.260. The van der Waals surface area contributed by atoms with Crippen LogP contribution in [0.5, 0.6) is 0 Å². The third-order valence-corrected chi connectivity index (χ3v) is 10.8. The molecule has 6 rings (SSSR count). The van der Waals surface area contributed by atoms with E-state index in [1.807, 2.05) is 0 Å². The Morgan fingerprint density at radius 1 is 1.07 bits per heavy atom. The average molecular weight is 682 g/mol. The van der Waals surface area contributed by atoms with Gasteiger partial charge in [0.05, 0.1) is 17.9 Å². The fraction of sp³-hybridized carbons (Fsp3) is 0.370. The number of nitrogens with one attached hydrogen (secondary N) is 1. The van der Waals surface area contributed by atoms with E-state index in [9.17, 15) is 18.0 Å². The van der Waals surface area contributed by atoms with Gasteiger partial charge < -0.3 is 10.2 Å². The summed E-state index contributed by atoms with van der Waals surface area (Å²) in [6, 6.07) is 11.7. The molecule has 0 spiro atoms. The molecule has 3 aliphatic rings. The van der Waals surface area contributed by atoms with Crippen LogP contribution in [0.25, 0.3) is 0 Å². The molecule has 0 saturated carbocycles. The van der Waals surface area contributed by atoms with Gasteiger partial charge in [-0.15, -0.1) is 0 Å². The Hall–Kier alpha value is -2.48. The summed E-state index contributed by atoms with van der Waals surface area (Å²) in [5.41, 5.74) is -0.497. The smallest absolute Gasteiger partial charge is 0.264 e. The van der Waals surface area contributed by atoms with Gasteiger partial charge in [0.2, 0.25) is 11.9 Å². The molecule has 0 bridgehead atoms. The van der Waals surface area contributed by atoms with Crippen LogP contribution in [-0.4, -0.2) is 77.8 Å². The molecule has 10 nitrogen and oxygen atoms in total. The van der Waals surface area contributed by atoms with Gasteiger partial charge in [-0.2, -0.15) is 4.31 Å². The summed E-state index contributed by atoms with van der Waals surface area (Å²) in [7, 11) is -4.10. The Kier molecular flexibility index (Phi) is 7.44. The van der Waals surface area contributed by atoms with Gasteiger partial charge in [0, 0.05) is 40.7 Å². The molecule has 216 valence electrons. The van der Waals surface area contributed by atoms with E-state index in [-0.39, 0.29) is 49.1 Å². The van der Waals surface area contributed by atoms with Gasteiger partial charge in [0.15, 0.2) is 10.6 Å². The highest BCUT2D eigenvalue weighted by molar-refractivity contribution is 9.10. The van der Waals surface area contributed by atoms with Gasteiger partial charge in [0.25, 0.3) is 15.9 Å². The van der Waals surface area contributed by atoms with Crippen LogP contribution in [-0.2, 0) is 25.2 Å². The van der Waals surface area contributed by atoms with Gasteiger partial charge in [-0.25, -0.2) is 18.3 Å². The van der Waals surface area contributed by atoms with Crippen LogP contribution >= 0.6 is 39.1 Å². The van der Waals surface area contributed by atoms with Gasteiger partial charge >= 0.3 is 0 Å². The first kappa shape index (κ1) is 28.6. The second kappa shape index (κ2) is 10.7. The minimum Gasteiger partial charge on any atom is -0.339 e. The molecular formula is C27H27BrCl2N6O4S. The molecule has 0 radical (unpaired) electrons. The lowest BCUT2D eigenvalue weighted by molar-refractivity contribution is -0.134. The lowest BCUT2D eigenvalue weighted by atomic mass is 9.91. The Balaban J connectivity index is 1.40. The molecule has 2 atom stereocenters. The summed E-state index contributed by atoms with van der Waals surface area (Å²) >= 11 is 16.0. The zero-order chi connectivity index (χ0) is 29.1. The molecule has 4 heterocycles. The van der Waals surface area contributed by atoms with Crippen molar-refractivity contribution in [2.24, 2.45) is 0 Å². The number of piperazine rings is 1. The van der Waals surface area contributed by atoms with Crippen LogP contribution in [0, 0.1) is 0 Å². The van der Waals surface area contributed by atoms with Crippen molar-refractivity contribution in [3.05, 3.63) is 68.7 Å². The van der Waals surface area contributed by atoms with Crippen molar-refractivity contribution < 1.29 is 18.0 Å². The lowest BCUT2D eigenvalue weighted by Gasteiger charge is -2.35. The summed E-state index contributed by atoms with van der Waals surface area (Å²) in [4.78, 5) is 34.7. The number of imidazole rings is 1. The Morgan fingerprint density at radius 2 is 1.73 bits per heavy atom. The summed E-state index contributed by atoms with van der Waals surface area (Å²) in [5, 5.41) is 3.75. The Morgan fingerprint density at radius 3 is 2.34 bits per heavy atom. The number of sulfonamides is 1. The average Bonchev–Trinajstić information content (AvgIpc) is 3.67. The predicted molar refractivity (Wildman–Crippen MR) is 159 cm³/mol. The Labute approximate surface area is 256 Å². The standard InChI is InChI=1S/C27H27BrCl2N6O4S/c1-27(17-4-6-18(28)7-5-17)25(38)35(21-14-19(29)13-20(30)15-21)26-32-16-23(36(26)27)41(39,40)34-11-9-33(10-12-34)24(37)22-3-2-8-31-22/h4-7,13-16,22,31H,2-3,8-12H2,1H3/t22-,27-/m1/s1. The molecular weight excluding hydrogens is 655 g/mol. The van der Waals surface area contributed by atoms with Crippen molar-refractivity contribution in [1.82, 2.24) is 24.1 Å². The summed E-state index contributed by atoms with van der Waals surface area (Å²) < 4.78 is 31.9. The lowest BCUT2D eigenvalue weighted by Crippen LogP contribution is -2.54. The van der Waals surface area contributed by atoms with Crippen molar-refractivity contribution in [1.29, 1.82) is 0 Å². The number of hydrogen-bond acceptors (Lipinski definition) is 6. The highest BCUT2D eigenvalue weighted by Crippen LogP contribution is 2.46. The number of fused-ring (bicyclic) bond motifs is 1. The van der Waals surface area contributed by atoms with Crippen LogP contribution in [0.1, 0.15) is 25.3 Å². The number of benzene rings is 2. The Bertz CT molecular complexity index is 1620. The van der Waals surface area contributed by atoms with E-state index in [1.54, 1.807) is 54.3 Å². The number of halogens is 3. The second-order valence-corrected chi connectivity index (χ2v) is 14.1. The van der Waals surface area contributed by atoms with E-state index in [0.717, 1.165) is 23.9 Å². The third kappa shape index (κ3) is 4.78. The second-order valence-electron chi connectivity index (χ2n) is 10.5. The number of hydrogen-bond donors (Lipinski definition) is 1. The molecule has 2 fully saturated rings. The molecule has 3 aromatic rings. The number of aromatic nitrogens is 2. The van der Waals surface area contributed by atoms with Gasteiger partial charge in [0.1, 0.15) is 0 Å². The normalized spacial score (nSPS) is 23.3. The predicted octanol–water partition coefficient (Wildman–Crippen LogP) is 3.98. The monoisotopic (exact) mass is 680 g/mol. The third-order valence-electron chi connectivity index (χ3n) is 8.00. The van der Waals surface area contributed by atoms with Crippen molar-refractivity contribution >= 4 is 72.6 Å². The van der Waals surface area contributed by atoms with Crippen LogP contribution in [0.4, 0.5) is 11.6 Å². The number of rotatable bonds is 5. The zero-order valence-corrected chi connectivity index (χ0v) is 26.0. The topological polar surface area (TPSA) is 108 Å². The summed E-state index contributed by atoms with van der Waals surface area (Å²) in [6.45, 7) is 3.34. The van der Waals surface area contributed by atoms with Crippen LogP contribution in [0.2, 0.25) is 10.0 Å². The van der Waals surface area contributed by atoms with Crippen LogP contribution < -0.4 is 10.2 Å². The van der Waals surface area contributed by atoms with E-state index in [2.05, 4.69) is 26.2 Å². The first-order chi connectivity index (χ1) is 19.5. The molecule has 1 N–H and O–H groups in total. The van der Waals surface area contributed by atoms with Crippen molar-refractivity contribution in [3.8, 4) is 0 Å². The highest BCUT2D eigenvalue weighted by Gasteiger charge is 2.53. The zero-order valence-electron chi connectivity index (χ0n) is 22.1. The van der Waals surface area contributed by atoms with Gasteiger partial charge in [-0.1, -0.05) is 51.3 Å². The van der Waals surface area contributed by atoms with E-state index in [4.69, 9.17) is 23.2 Å². The molecule has 2 saturated heterocycles. The molecule has 2 amide bonds. The number of carbonyl (C=O) groups is 2. The van der Waals surface area contributed by atoms with Gasteiger partial charge in [-0.3, -0.25) is 14.2 Å². The van der Waals surface area contributed by atoms with Crippen molar-refractivity contribution in [2.75, 3.05) is 37.6 Å². The van der Waals surface area contributed by atoms with Gasteiger partial charge in [-0.05, 0) is 62.2 Å². The van der Waals surface area contributed by atoms with E-state index in [1.165, 1.54) is 20.0 Å². The molecule has 2 aromatic carbocycles. The minimum atomic E-state index is -4.10. The van der Waals surface area contributed by atoms with E-state index in [0.29, 0.717) is 21.3 Å². The van der Waals surface area contributed by atoms with Crippen LogP contribution in [0.15, 0.2) is 58.2 Å². The molecule has 1 aromatic heterocycles. The number of nitrogens with zero attached hydrogens (tertiary/aromatic N) is 5. The largest absolute Gasteiger partial charge is 0.339 e. The van der Waals surface area contributed by atoms with Crippen LogP contribution in [0.3, 0.4) is 0 Å². The molecule has 0 aliphatic carbocycles. The number of amides is 2. The first-order valence-corrected chi connectivity index (χ1v) is 16.2. The fourth-order valence-electron chi connectivity index (χ4n) is 5.82. The van der Waals surface area contributed by atoms with Crippen molar-refractivity contribution in [3.63, 3.8) is 0 Å². The fourth-order valence-corrected chi connectivity index (χ4v) is 8.18. The quantitative estimate of drug-likeness (QED) is 0.437. The van der Waals surface area contributed by atoms with E-state index < -0.39 is 21.5 Å². The van der Waals surface area contributed by atoms with Crippen molar-refractivity contribution in [2.45, 2.75) is 36.4 Å². The van der Waals surface area contributed by atoms with E-state index >= 15 is 0 Å². The molecule has 14 heteroatoms. The SMILES string of the molecule is C[C@@]1(c2ccc(Br)cc2)C(=O)N(c2cc(Cl)cc(Cl)c2)c2ncc(S(=O)(=O)N3CCN(C(=O)[C@H]4CCCN4)CC3)n21. The number of carbonyl (C=O) groups excluding carboxylic acids is 2. The summed E-state index contributed by atoms with van der Waals surface area (Å²) in [6.07, 6.45) is 3.02. The maximum absolute atomic E-state index is 14.3. The highest BCUT2D eigenvalue weighted by atomic mass is 79.9. The minimum absolute atomic E-state index is 0.00836.